The van der Waals surface area contributed by atoms with Crippen LogP contribution in [0.15, 0.2) is 55.0 Å². The molecule has 3 heterocycles. The zero-order chi connectivity index (χ0) is 19.5. The first-order valence-corrected chi connectivity index (χ1v) is 8.34. The first kappa shape index (κ1) is 17.5. The smallest absolute Gasteiger partial charge is 0.246 e. The lowest BCUT2D eigenvalue weighted by molar-refractivity contribution is -0.116. The van der Waals surface area contributed by atoms with E-state index in [2.05, 4.69) is 20.5 Å². The fourth-order valence-electron chi connectivity index (χ4n) is 2.72. The SMILES string of the molecule is Nc1nc2cc(-c3cnn(CC(=O)Nc4ccc(OCF)cc4)c3)ccn2n1. The molecule has 28 heavy (non-hydrogen) atoms. The molecule has 4 rings (SSSR count). The highest BCUT2D eigenvalue weighted by Gasteiger charge is 2.09. The molecule has 0 spiro atoms. The Morgan fingerprint density at radius 3 is 2.82 bits per heavy atom. The molecular weight excluding hydrogens is 365 g/mol. The van der Waals surface area contributed by atoms with Gasteiger partial charge in [0.25, 0.3) is 0 Å². The van der Waals surface area contributed by atoms with Crippen molar-refractivity contribution < 1.29 is 13.9 Å². The van der Waals surface area contributed by atoms with Crippen LogP contribution in [0.1, 0.15) is 0 Å². The van der Waals surface area contributed by atoms with Crippen LogP contribution in [0.2, 0.25) is 0 Å². The van der Waals surface area contributed by atoms with Gasteiger partial charge in [-0.3, -0.25) is 9.48 Å². The Kier molecular flexibility index (Phi) is 4.58. The van der Waals surface area contributed by atoms with Crippen molar-refractivity contribution in [1.29, 1.82) is 0 Å². The molecule has 0 aliphatic carbocycles. The van der Waals surface area contributed by atoms with Gasteiger partial charge >= 0.3 is 0 Å². The average molecular weight is 381 g/mol. The number of aromatic nitrogens is 5. The Labute approximate surface area is 158 Å². The van der Waals surface area contributed by atoms with E-state index in [0.717, 1.165) is 11.1 Å². The highest BCUT2D eigenvalue weighted by Crippen LogP contribution is 2.20. The molecule has 142 valence electrons. The van der Waals surface area contributed by atoms with Crippen molar-refractivity contribution in [2.45, 2.75) is 6.54 Å². The fourth-order valence-corrected chi connectivity index (χ4v) is 2.72. The molecule has 10 heteroatoms. The largest absolute Gasteiger partial charge is 0.463 e. The number of amides is 1. The van der Waals surface area contributed by atoms with Gasteiger partial charge in [-0.05, 0) is 42.0 Å². The second-order valence-electron chi connectivity index (χ2n) is 5.94. The molecule has 0 aliphatic heterocycles. The molecule has 1 aromatic carbocycles. The quantitative estimate of drug-likeness (QED) is 0.529. The number of pyridine rings is 1. The van der Waals surface area contributed by atoms with Gasteiger partial charge in [0, 0.05) is 23.6 Å². The lowest BCUT2D eigenvalue weighted by Gasteiger charge is -2.06. The molecule has 0 saturated carbocycles. The Morgan fingerprint density at radius 2 is 2.04 bits per heavy atom. The number of hydrogen-bond donors (Lipinski definition) is 2. The zero-order valence-electron chi connectivity index (χ0n) is 14.6. The molecular formula is C18H16FN7O2. The predicted octanol–water partition coefficient (Wildman–Crippen LogP) is 2.12. The van der Waals surface area contributed by atoms with Crippen LogP contribution in [0.3, 0.4) is 0 Å². The summed E-state index contributed by atoms with van der Waals surface area (Å²) in [6.45, 7) is -0.854. The van der Waals surface area contributed by atoms with Gasteiger partial charge in [0.1, 0.15) is 12.3 Å². The summed E-state index contributed by atoms with van der Waals surface area (Å²) in [5, 5.41) is 11.0. The van der Waals surface area contributed by atoms with Crippen molar-refractivity contribution in [1.82, 2.24) is 24.4 Å². The maximum atomic E-state index is 12.2. The fraction of sp³-hybridized carbons (Fsp3) is 0.111. The van der Waals surface area contributed by atoms with E-state index in [4.69, 9.17) is 10.5 Å². The first-order valence-electron chi connectivity index (χ1n) is 8.34. The number of ether oxygens (including phenoxy) is 1. The molecule has 0 saturated heterocycles. The molecule has 0 bridgehead atoms. The maximum Gasteiger partial charge on any atom is 0.246 e. The number of benzene rings is 1. The van der Waals surface area contributed by atoms with Crippen LogP contribution >= 0.6 is 0 Å². The summed E-state index contributed by atoms with van der Waals surface area (Å²) in [6, 6.07) is 10.1. The van der Waals surface area contributed by atoms with E-state index in [1.807, 2.05) is 12.1 Å². The third-order valence-electron chi connectivity index (χ3n) is 3.99. The maximum absolute atomic E-state index is 12.2. The minimum absolute atomic E-state index is 0.0445. The normalized spacial score (nSPS) is 10.9. The minimum Gasteiger partial charge on any atom is -0.463 e. The summed E-state index contributed by atoms with van der Waals surface area (Å²) in [7, 11) is 0. The molecule has 0 atom stereocenters. The standard InChI is InChI=1S/C18H16FN7O2/c19-11-28-15-3-1-14(2-4-15)22-17(27)10-25-9-13(8-21-25)12-5-6-26-16(7-12)23-18(20)24-26/h1-9H,10-11H2,(H2,20,24)(H,22,27). The number of fused-ring (bicyclic) bond motifs is 1. The van der Waals surface area contributed by atoms with Crippen molar-refractivity contribution in [3.63, 3.8) is 0 Å². The average Bonchev–Trinajstić information content (AvgIpc) is 3.28. The number of nitrogen functional groups attached to an aromatic ring is 1. The molecule has 0 fully saturated rings. The lowest BCUT2D eigenvalue weighted by Crippen LogP contribution is -2.18. The van der Waals surface area contributed by atoms with Crippen LogP contribution in [0.25, 0.3) is 16.8 Å². The number of nitrogens with one attached hydrogen (secondary N) is 1. The molecule has 1 amide bonds. The number of anilines is 2. The van der Waals surface area contributed by atoms with Crippen LogP contribution in [0.5, 0.6) is 5.75 Å². The van der Waals surface area contributed by atoms with Gasteiger partial charge in [0.05, 0.1) is 6.20 Å². The van der Waals surface area contributed by atoms with Crippen LogP contribution in [0.4, 0.5) is 16.0 Å². The van der Waals surface area contributed by atoms with Gasteiger partial charge < -0.3 is 15.8 Å². The number of carbonyl (C=O) groups is 1. The monoisotopic (exact) mass is 381 g/mol. The van der Waals surface area contributed by atoms with Crippen LogP contribution in [0, 0.1) is 0 Å². The molecule has 0 unspecified atom stereocenters. The number of rotatable bonds is 6. The third kappa shape index (κ3) is 3.75. The Morgan fingerprint density at radius 1 is 1.21 bits per heavy atom. The molecule has 3 aromatic heterocycles. The Bertz CT molecular complexity index is 1120. The molecule has 0 radical (unpaired) electrons. The highest BCUT2D eigenvalue weighted by molar-refractivity contribution is 5.90. The van der Waals surface area contributed by atoms with Crippen LogP contribution in [-0.2, 0) is 11.3 Å². The summed E-state index contributed by atoms with van der Waals surface area (Å²) in [5.41, 5.74) is 8.53. The second-order valence-corrected chi connectivity index (χ2v) is 5.94. The number of nitrogens with zero attached hydrogens (tertiary/aromatic N) is 5. The summed E-state index contributed by atoms with van der Waals surface area (Å²) in [6.07, 6.45) is 5.19. The van der Waals surface area contributed by atoms with Gasteiger partial charge in [-0.15, -0.1) is 5.10 Å². The van der Waals surface area contributed by atoms with Crippen molar-refractivity contribution in [2.24, 2.45) is 0 Å². The number of hydrogen-bond acceptors (Lipinski definition) is 6. The minimum atomic E-state index is -0.898. The zero-order valence-corrected chi connectivity index (χ0v) is 14.6. The van der Waals surface area contributed by atoms with Gasteiger partial charge in [-0.25, -0.2) is 8.91 Å². The van der Waals surface area contributed by atoms with Gasteiger partial charge in [-0.2, -0.15) is 10.1 Å². The van der Waals surface area contributed by atoms with E-state index in [0.29, 0.717) is 17.1 Å². The number of halogens is 1. The summed E-state index contributed by atoms with van der Waals surface area (Å²) in [5.74, 6) is 0.354. The molecule has 0 aliphatic rings. The number of carbonyl (C=O) groups excluding carboxylic acids is 1. The van der Waals surface area contributed by atoms with Crippen molar-refractivity contribution in [3.8, 4) is 16.9 Å². The van der Waals surface area contributed by atoms with Gasteiger partial charge in [0.2, 0.25) is 18.7 Å². The van der Waals surface area contributed by atoms with Crippen molar-refractivity contribution >= 4 is 23.2 Å². The van der Waals surface area contributed by atoms with Crippen molar-refractivity contribution in [3.05, 3.63) is 55.0 Å². The first-order chi connectivity index (χ1) is 13.6. The van der Waals surface area contributed by atoms with Gasteiger partial charge in [-0.1, -0.05) is 0 Å². The van der Waals surface area contributed by atoms with E-state index >= 15 is 0 Å². The van der Waals surface area contributed by atoms with Gasteiger partial charge in [0.15, 0.2) is 5.65 Å². The number of alkyl halides is 1. The third-order valence-corrected chi connectivity index (χ3v) is 3.99. The topological polar surface area (TPSA) is 112 Å². The molecule has 4 aromatic rings. The molecule has 3 N–H and O–H groups in total. The highest BCUT2D eigenvalue weighted by atomic mass is 19.1. The Balaban J connectivity index is 1.42. The predicted molar refractivity (Wildman–Crippen MR) is 100 cm³/mol. The molecule has 9 nitrogen and oxygen atoms in total. The second kappa shape index (κ2) is 7.35. The van der Waals surface area contributed by atoms with Crippen LogP contribution in [-0.4, -0.2) is 37.1 Å². The summed E-state index contributed by atoms with van der Waals surface area (Å²) in [4.78, 5) is 16.3. The van der Waals surface area contributed by atoms with E-state index in [1.54, 1.807) is 47.4 Å². The summed E-state index contributed by atoms with van der Waals surface area (Å²) < 4.78 is 20.0. The van der Waals surface area contributed by atoms with E-state index in [-0.39, 0.29) is 18.4 Å². The lowest BCUT2D eigenvalue weighted by atomic mass is 10.1. The van der Waals surface area contributed by atoms with E-state index in [1.165, 1.54) is 4.68 Å². The van der Waals surface area contributed by atoms with E-state index < -0.39 is 6.86 Å². The Hall–Kier alpha value is -3.95. The van der Waals surface area contributed by atoms with Crippen molar-refractivity contribution in [2.75, 3.05) is 17.9 Å². The van der Waals surface area contributed by atoms with Crippen LogP contribution < -0.4 is 15.8 Å². The summed E-state index contributed by atoms with van der Waals surface area (Å²) >= 11 is 0. The van der Waals surface area contributed by atoms with E-state index in [9.17, 15) is 9.18 Å². The number of nitrogens with two attached hydrogens (primary N) is 1.